The van der Waals surface area contributed by atoms with Crippen molar-refractivity contribution < 1.29 is 19.0 Å². The summed E-state index contributed by atoms with van der Waals surface area (Å²) in [7, 11) is 1.52. The Hall–Kier alpha value is -1.10. The number of benzene rings is 1. The van der Waals surface area contributed by atoms with Crippen molar-refractivity contribution in [2.45, 2.75) is 26.2 Å². The van der Waals surface area contributed by atoms with Gasteiger partial charge in [0.2, 0.25) is 0 Å². The fraction of sp³-hybridized carbons (Fsp3) is 0.417. The molecule has 0 bridgehead atoms. The molecule has 0 unspecified atom stereocenters. The Bertz CT molecular complexity index is 432. The topological polar surface area (TPSA) is 46.5 Å². The van der Waals surface area contributed by atoms with Gasteiger partial charge in [-0.15, -0.1) is 0 Å². The molecule has 0 spiro atoms. The predicted molar refractivity (Wildman–Crippen MR) is 66.0 cm³/mol. The largest absolute Gasteiger partial charge is 0.496 e. The number of hydrogen-bond acceptors (Lipinski definition) is 2. The van der Waals surface area contributed by atoms with Gasteiger partial charge in [-0.05, 0) is 47.3 Å². The van der Waals surface area contributed by atoms with Gasteiger partial charge >= 0.3 is 5.97 Å². The Kier molecular flexibility index (Phi) is 4.93. The lowest BCUT2D eigenvalue weighted by Gasteiger charge is -2.13. The molecule has 0 aliphatic rings. The normalized spacial score (nSPS) is 10.4. The van der Waals surface area contributed by atoms with Crippen LogP contribution in [-0.2, 0) is 11.2 Å². The average Bonchev–Trinajstić information content (AvgIpc) is 2.24. The van der Waals surface area contributed by atoms with Crippen LogP contribution in [0.25, 0.3) is 0 Å². The Morgan fingerprint density at radius 1 is 1.59 bits per heavy atom. The summed E-state index contributed by atoms with van der Waals surface area (Å²) in [6, 6.07) is 1.39. The van der Waals surface area contributed by atoms with Gasteiger partial charge in [0.05, 0.1) is 11.6 Å². The van der Waals surface area contributed by atoms with E-state index >= 15 is 0 Å². The molecule has 1 N–H and O–H groups in total. The summed E-state index contributed by atoms with van der Waals surface area (Å²) in [5.41, 5.74) is 1.39. The van der Waals surface area contributed by atoms with Crippen molar-refractivity contribution in [3.05, 3.63) is 27.5 Å². The molecule has 1 rings (SSSR count). The molecule has 17 heavy (non-hydrogen) atoms. The van der Waals surface area contributed by atoms with Crippen molar-refractivity contribution >= 4 is 21.9 Å². The van der Waals surface area contributed by atoms with Crippen LogP contribution in [0.15, 0.2) is 10.5 Å². The van der Waals surface area contributed by atoms with Gasteiger partial charge in [-0.2, -0.15) is 0 Å². The number of carboxylic acid groups (broad SMARTS) is 1. The molecular formula is C12H14BrFO3. The van der Waals surface area contributed by atoms with Gasteiger partial charge in [-0.1, -0.05) is 0 Å². The first-order chi connectivity index (χ1) is 7.97. The molecule has 0 aliphatic carbocycles. The lowest BCUT2D eigenvalue weighted by molar-refractivity contribution is -0.137. The van der Waals surface area contributed by atoms with Crippen LogP contribution in [0.3, 0.4) is 0 Å². The van der Waals surface area contributed by atoms with E-state index < -0.39 is 5.97 Å². The molecule has 3 nitrogen and oxygen atoms in total. The Labute approximate surface area is 108 Å². The first-order valence-corrected chi connectivity index (χ1v) is 6.00. The van der Waals surface area contributed by atoms with Crippen molar-refractivity contribution in [1.82, 2.24) is 0 Å². The molecule has 0 amide bonds. The molecule has 0 saturated carbocycles. The van der Waals surface area contributed by atoms with E-state index in [0.29, 0.717) is 34.2 Å². The van der Waals surface area contributed by atoms with E-state index in [9.17, 15) is 9.18 Å². The number of aryl methyl sites for hydroxylation is 1. The number of carbonyl (C=O) groups is 1. The van der Waals surface area contributed by atoms with E-state index in [4.69, 9.17) is 9.84 Å². The summed E-state index contributed by atoms with van der Waals surface area (Å²) < 4.78 is 19.1. The predicted octanol–water partition coefficient (Wildman–Crippen LogP) is 3.31. The molecule has 0 aromatic heterocycles. The molecule has 5 heteroatoms. The van der Waals surface area contributed by atoms with Crippen LogP contribution >= 0.6 is 15.9 Å². The lowest BCUT2D eigenvalue weighted by atomic mass is 10.0. The minimum Gasteiger partial charge on any atom is -0.496 e. The fourth-order valence-electron chi connectivity index (χ4n) is 1.72. The van der Waals surface area contributed by atoms with Gasteiger partial charge in [0.15, 0.2) is 0 Å². The monoisotopic (exact) mass is 304 g/mol. The van der Waals surface area contributed by atoms with Crippen LogP contribution in [0.2, 0.25) is 0 Å². The van der Waals surface area contributed by atoms with Gasteiger partial charge in [0, 0.05) is 12.0 Å². The third-order valence-electron chi connectivity index (χ3n) is 2.47. The van der Waals surface area contributed by atoms with Crippen molar-refractivity contribution in [3.8, 4) is 5.75 Å². The number of aliphatic carboxylic acids is 1. The second-order valence-corrected chi connectivity index (χ2v) is 4.54. The van der Waals surface area contributed by atoms with E-state index in [0.717, 1.165) is 0 Å². The van der Waals surface area contributed by atoms with E-state index in [1.165, 1.54) is 13.2 Å². The smallest absolute Gasteiger partial charge is 0.303 e. The maximum absolute atomic E-state index is 13.5. The van der Waals surface area contributed by atoms with Gasteiger partial charge in [0.1, 0.15) is 11.6 Å². The molecule has 0 heterocycles. The summed E-state index contributed by atoms with van der Waals surface area (Å²) in [6.45, 7) is 1.76. The summed E-state index contributed by atoms with van der Waals surface area (Å²) >= 11 is 3.17. The minimum atomic E-state index is -0.854. The Balaban J connectivity index is 2.99. The third-order valence-corrected chi connectivity index (χ3v) is 3.33. The second-order valence-electron chi connectivity index (χ2n) is 3.75. The molecule has 0 saturated heterocycles. The first kappa shape index (κ1) is 14.0. The maximum Gasteiger partial charge on any atom is 0.303 e. The van der Waals surface area contributed by atoms with Crippen LogP contribution in [0, 0.1) is 12.7 Å². The fourth-order valence-corrected chi connectivity index (χ4v) is 2.22. The van der Waals surface area contributed by atoms with E-state index in [1.54, 1.807) is 6.92 Å². The van der Waals surface area contributed by atoms with Crippen LogP contribution in [-0.4, -0.2) is 18.2 Å². The van der Waals surface area contributed by atoms with Gasteiger partial charge in [-0.25, -0.2) is 4.39 Å². The number of rotatable bonds is 5. The zero-order valence-corrected chi connectivity index (χ0v) is 11.3. The van der Waals surface area contributed by atoms with Crippen molar-refractivity contribution in [3.63, 3.8) is 0 Å². The van der Waals surface area contributed by atoms with Gasteiger partial charge in [-0.3, -0.25) is 4.79 Å². The number of hydrogen-bond donors (Lipinski definition) is 1. The van der Waals surface area contributed by atoms with Crippen LogP contribution in [0.5, 0.6) is 5.75 Å². The van der Waals surface area contributed by atoms with Crippen LogP contribution < -0.4 is 4.74 Å². The van der Waals surface area contributed by atoms with Gasteiger partial charge in [0.25, 0.3) is 0 Å². The lowest BCUT2D eigenvalue weighted by Crippen LogP contribution is -2.01. The number of carboxylic acids is 1. The molecule has 0 radical (unpaired) electrons. The molecular weight excluding hydrogens is 291 g/mol. The number of methoxy groups -OCH3 is 1. The summed E-state index contributed by atoms with van der Waals surface area (Å²) in [6.07, 6.45) is 0.979. The summed E-state index contributed by atoms with van der Waals surface area (Å²) in [5.74, 6) is -0.592. The highest BCUT2D eigenvalue weighted by molar-refractivity contribution is 9.10. The zero-order valence-electron chi connectivity index (χ0n) is 9.72. The average molecular weight is 305 g/mol. The molecule has 1 aromatic carbocycles. The van der Waals surface area contributed by atoms with Crippen LogP contribution in [0.4, 0.5) is 4.39 Å². The SMILES string of the molecule is COc1c(C)cc(F)c(Br)c1CCCC(=O)O. The molecule has 0 fully saturated rings. The second kappa shape index (κ2) is 6.00. The Morgan fingerprint density at radius 2 is 2.24 bits per heavy atom. The van der Waals surface area contributed by atoms with E-state index in [-0.39, 0.29) is 12.2 Å². The molecule has 1 aromatic rings. The van der Waals surface area contributed by atoms with Crippen molar-refractivity contribution in [2.24, 2.45) is 0 Å². The highest BCUT2D eigenvalue weighted by Crippen LogP contribution is 2.33. The maximum atomic E-state index is 13.5. The summed E-state index contributed by atoms with van der Waals surface area (Å²) in [4.78, 5) is 10.4. The van der Waals surface area contributed by atoms with E-state index in [2.05, 4.69) is 15.9 Å². The third kappa shape index (κ3) is 3.43. The zero-order chi connectivity index (χ0) is 13.0. The Morgan fingerprint density at radius 3 is 2.76 bits per heavy atom. The summed E-state index contributed by atoms with van der Waals surface area (Å²) in [5, 5.41) is 8.58. The molecule has 0 atom stereocenters. The van der Waals surface area contributed by atoms with Crippen LogP contribution in [0.1, 0.15) is 24.0 Å². The van der Waals surface area contributed by atoms with Crippen molar-refractivity contribution in [1.29, 1.82) is 0 Å². The number of ether oxygens (including phenoxy) is 1. The standard InChI is InChI=1S/C12H14BrFO3/c1-7-6-9(14)11(13)8(12(7)17-2)4-3-5-10(15)16/h6H,3-5H2,1-2H3,(H,15,16). The minimum absolute atomic E-state index is 0.0607. The van der Waals surface area contributed by atoms with E-state index in [1.807, 2.05) is 0 Å². The first-order valence-electron chi connectivity index (χ1n) is 5.20. The number of halogens is 2. The highest BCUT2D eigenvalue weighted by Gasteiger charge is 2.15. The van der Waals surface area contributed by atoms with Gasteiger partial charge < -0.3 is 9.84 Å². The quantitative estimate of drug-likeness (QED) is 0.908. The molecule has 94 valence electrons. The molecule has 0 aliphatic heterocycles. The van der Waals surface area contributed by atoms with Crippen molar-refractivity contribution in [2.75, 3.05) is 7.11 Å². The highest BCUT2D eigenvalue weighted by atomic mass is 79.9.